The van der Waals surface area contributed by atoms with Crippen LogP contribution in [0.15, 0.2) is 35.3 Å². The van der Waals surface area contributed by atoms with E-state index in [1.807, 2.05) is 4.90 Å². The minimum Gasteiger partial charge on any atom is -0.477 e. The van der Waals surface area contributed by atoms with E-state index >= 15 is 4.39 Å². The average molecular weight is 444 g/mol. The molecule has 0 bridgehead atoms. The second-order valence-electron chi connectivity index (χ2n) is 8.61. The van der Waals surface area contributed by atoms with Crippen LogP contribution in [0, 0.1) is 36.2 Å². The van der Waals surface area contributed by atoms with Crippen LogP contribution in [-0.4, -0.2) is 28.7 Å². The molecule has 1 aliphatic rings. The van der Waals surface area contributed by atoms with Crippen molar-refractivity contribution >= 4 is 22.6 Å². The summed E-state index contributed by atoms with van der Waals surface area (Å²) in [4.78, 5) is 26.5. The second-order valence-corrected chi connectivity index (χ2v) is 8.61. The van der Waals surface area contributed by atoms with E-state index in [0.29, 0.717) is 31.0 Å². The van der Waals surface area contributed by atoms with Crippen molar-refractivity contribution in [2.24, 2.45) is 11.8 Å². The molecule has 168 valence electrons. The highest BCUT2D eigenvalue weighted by molar-refractivity contribution is 5.95. The van der Waals surface area contributed by atoms with Crippen molar-refractivity contribution < 1.29 is 23.1 Å². The smallest absolute Gasteiger partial charge is 0.341 e. The first kappa shape index (κ1) is 21.9. The Balaban J connectivity index is 2.04. The predicted molar refractivity (Wildman–Crippen MR) is 116 cm³/mol. The van der Waals surface area contributed by atoms with E-state index in [9.17, 15) is 23.5 Å². The Morgan fingerprint density at radius 1 is 1.16 bits per heavy atom. The minimum absolute atomic E-state index is 0.00475. The number of hydrogen-bond donors (Lipinski definition) is 1. The average Bonchev–Trinajstić information content (AvgIpc) is 3.21. The molecule has 5 nitrogen and oxygen atoms in total. The van der Waals surface area contributed by atoms with Gasteiger partial charge in [-0.25, -0.2) is 18.0 Å². The Labute approximate surface area is 182 Å². The van der Waals surface area contributed by atoms with Crippen LogP contribution in [0.5, 0.6) is 0 Å². The van der Waals surface area contributed by atoms with Crippen LogP contribution in [0.3, 0.4) is 0 Å². The van der Waals surface area contributed by atoms with Crippen LogP contribution in [-0.2, 0) is 0 Å². The molecule has 2 aromatic carbocycles. The quantitative estimate of drug-likeness (QED) is 0.622. The molecular formula is C24H23F3N2O3. The molecule has 1 aliphatic heterocycles. The van der Waals surface area contributed by atoms with E-state index in [4.69, 9.17) is 0 Å². The summed E-state index contributed by atoms with van der Waals surface area (Å²) in [5.41, 5.74) is -1.19. The maximum Gasteiger partial charge on any atom is 0.341 e. The van der Waals surface area contributed by atoms with Gasteiger partial charge in [-0.05, 0) is 43.4 Å². The molecule has 1 unspecified atom stereocenters. The summed E-state index contributed by atoms with van der Waals surface area (Å²) in [6.07, 6.45) is 1.90. The van der Waals surface area contributed by atoms with Crippen molar-refractivity contribution in [1.29, 1.82) is 0 Å². The first-order valence-corrected chi connectivity index (χ1v) is 10.4. The van der Waals surface area contributed by atoms with Gasteiger partial charge in [-0.2, -0.15) is 0 Å². The van der Waals surface area contributed by atoms with Crippen molar-refractivity contribution in [2.75, 3.05) is 18.0 Å². The largest absolute Gasteiger partial charge is 0.477 e. The molecule has 4 rings (SSSR count). The number of aromatic carboxylic acids is 1. The lowest BCUT2D eigenvalue weighted by Gasteiger charge is -2.23. The summed E-state index contributed by atoms with van der Waals surface area (Å²) in [5.74, 6) is -3.04. The van der Waals surface area contributed by atoms with Crippen LogP contribution in [0.2, 0.25) is 0 Å². The normalized spacial score (nSPS) is 16.3. The Kier molecular flexibility index (Phi) is 5.48. The molecule has 1 fully saturated rings. The SMILES string of the molecule is Cc1c(F)c(N2CCC(C(C)C)C2)cc2c1c(=O)c(C(=O)O)cn2-c1ccc(F)cc1F. The number of hydrogen-bond acceptors (Lipinski definition) is 3. The molecule has 1 aromatic heterocycles. The van der Waals surface area contributed by atoms with Gasteiger partial charge < -0.3 is 14.6 Å². The predicted octanol–water partition coefficient (Wildman–Crippen LogP) is 4.90. The maximum atomic E-state index is 15.4. The van der Waals surface area contributed by atoms with Gasteiger partial charge in [0.25, 0.3) is 0 Å². The van der Waals surface area contributed by atoms with Gasteiger partial charge in [-0.1, -0.05) is 13.8 Å². The number of anilines is 1. The minimum atomic E-state index is -1.52. The number of aryl methyl sites for hydroxylation is 1. The molecule has 0 amide bonds. The first-order valence-electron chi connectivity index (χ1n) is 10.4. The number of halogens is 3. The van der Waals surface area contributed by atoms with Crippen LogP contribution in [0.4, 0.5) is 18.9 Å². The molecule has 1 atom stereocenters. The van der Waals surface area contributed by atoms with Crippen LogP contribution in [0.25, 0.3) is 16.6 Å². The van der Waals surface area contributed by atoms with E-state index in [1.165, 1.54) is 17.6 Å². The monoisotopic (exact) mass is 444 g/mol. The number of carbonyl (C=O) groups is 1. The third kappa shape index (κ3) is 3.53. The Bertz CT molecular complexity index is 1300. The number of carboxylic acid groups (broad SMARTS) is 1. The van der Waals surface area contributed by atoms with Crippen molar-refractivity contribution in [1.82, 2.24) is 4.57 Å². The third-order valence-corrected chi connectivity index (χ3v) is 6.36. The highest BCUT2D eigenvalue weighted by Gasteiger charge is 2.29. The highest BCUT2D eigenvalue weighted by atomic mass is 19.1. The van der Waals surface area contributed by atoms with E-state index in [2.05, 4.69) is 13.8 Å². The van der Waals surface area contributed by atoms with Gasteiger partial charge in [0.15, 0.2) is 0 Å². The fraction of sp³-hybridized carbons (Fsp3) is 0.333. The van der Waals surface area contributed by atoms with Gasteiger partial charge in [0.2, 0.25) is 5.43 Å². The Morgan fingerprint density at radius 3 is 2.47 bits per heavy atom. The standard InChI is InChI=1S/C24H23F3N2O3/c1-12(2)14-6-7-28(10-14)20-9-19-21(13(3)22(20)27)23(30)16(24(31)32)11-29(19)18-5-4-15(25)8-17(18)26/h4-5,8-9,11-12,14H,6-7,10H2,1-3H3,(H,31,32). The summed E-state index contributed by atoms with van der Waals surface area (Å²) in [6, 6.07) is 4.32. The van der Waals surface area contributed by atoms with Crippen molar-refractivity contribution in [3.63, 3.8) is 0 Å². The number of aromatic nitrogens is 1. The molecule has 0 spiro atoms. The summed E-state index contributed by atoms with van der Waals surface area (Å²) in [6.45, 7) is 6.90. The number of carboxylic acids is 1. The highest BCUT2D eigenvalue weighted by Crippen LogP contribution is 2.35. The second kappa shape index (κ2) is 8.00. The molecule has 3 aromatic rings. The van der Waals surface area contributed by atoms with Gasteiger partial charge in [-0.15, -0.1) is 0 Å². The van der Waals surface area contributed by atoms with E-state index < -0.39 is 34.4 Å². The first-order chi connectivity index (χ1) is 15.1. The van der Waals surface area contributed by atoms with Gasteiger partial charge in [0.1, 0.15) is 23.0 Å². The van der Waals surface area contributed by atoms with Crippen LogP contribution < -0.4 is 10.3 Å². The van der Waals surface area contributed by atoms with Crippen molar-refractivity contribution in [2.45, 2.75) is 27.2 Å². The summed E-state index contributed by atoms with van der Waals surface area (Å²) in [5, 5.41) is 9.37. The maximum absolute atomic E-state index is 15.4. The zero-order valence-electron chi connectivity index (χ0n) is 18.0. The summed E-state index contributed by atoms with van der Waals surface area (Å²) >= 11 is 0. The van der Waals surface area contributed by atoms with Crippen molar-refractivity contribution in [3.8, 4) is 5.69 Å². The van der Waals surface area contributed by atoms with E-state index in [1.54, 1.807) is 0 Å². The summed E-state index contributed by atoms with van der Waals surface area (Å²) in [7, 11) is 0. The van der Waals surface area contributed by atoms with Gasteiger partial charge in [0, 0.05) is 30.9 Å². The van der Waals surface area contributed by atoms with Gasteiger partial charge >= 0.3 is 5.97 Å². The van der Waals surface area contributed by atoms with E-state index in [-0.39, 0.29) is 27.8 Å². The number of fused-ring (bicyclic) bond motifs is 1. The Hall–Kier alpha value is -3.29. The zero-order valence-corrected chi connectivity index (χ0v) is 18.0. The zero-order chi connectivity index (χ0) is 23.3. The fourth-order valence-electron chi connectivity index (χ4n) is 4.44. The van der Waals surface area contributed by atoms with Crippen LogP contribution in [0.1, 0.15) is 36.2 Å². The molecule has 1 saturated heterocycles. The van der Waals surface area contributed by atoms with Gasteiger partial charge in [0.05, 0.1) is 22.3 Å². The molecule has 0 radical (unpaired) electrons. The molecule has 2 heterocycles. The van der Waals surface area contributed by atoms with Crippen molar-refractivity contribution in [3.05, 3.63) is 69.3 Å². The lowest BCUT2D eigenvalue weighted by Crippen LogP contribution is -2.24. The molecule has 0 aliphatic carbocycles. The molecular weight excluding hydrogens is 421 g/mol. The third-order valence-electron chi connectivity index (χ3n) is 6.36. The lowest BCUT2D eigenvalue weighted by atomic mass is 9.95. The molecule has 1 N–H and O–H groups in total. The number of nitrogens with zero attached hydrogens (tertiary/aromatic N) is 2. The van der Waals surface area contributed by atoms with Crippen LogP contribution >= 0.6 is 0 Å². The summed E-state index contributed by atoms with van der Waals surface area (Å²) < 4.78 is 44.7. The number of rotatable bonds is 4. The molecule has 8 heteroatoms. The number of pyridine rings is 1. The fourth-order valence-corrected chi connectivity index (χ4v) is 4.44. The van der Waals surface area contributed by atoms with Gasteiger partial charge in [-0.3, -0.25) is 4.79 Å². The Morgan fingerprint density at radius 2 is 1.88 bits per heavy atom. The molecule has 0 saturated carbocycles. The molecule has 32 heavy (non-hydrogen) atoms. The number of benzene rings is 2. The lowest BCUT2D eigenvalue weighted by molar-refractivity contribution is 0.0695. The topological polar surface area (TPSA) is 62.5 Å². The van der Waals surface area contributed by atoms with E-state index in [0.717, 1.165) is 24.8 Å².